The van der Waals surface area contributed by atoms with Crippen molar-refractivity contribution in [2.45, 2.75) is 6.92 Å². The van der Waals surface area contributed by atoms with Gasteiger partial charge in [-0.3, -0.25) is 4.79 Å². The highest BCUT2D eigenvalue weighted by molar-refractivity contribution is 9.11. The van der Waals surface area contributed by atoms with E-state index < -0.39 is 5.97 Å². The second-order valence-corrected chi connectivity index (χ2v) is 8.33. The van der Waals surface area contributed by atoms with Gasteiger partial charge in [-0.05, 0) is 35.0 Å². The summed E-state index contributed by atoms with van der Waals surface area (Å²) in [5.41, 5.74) is 2.33. The van der Waals surface area contributed by atoms with Gasteiger partial charge in [0.1, 0.15) is 5.01 Å². The van der Waals surface area contributed by atoms with Gasteiger partial charge in [-0.25, -0.2) is 9.78 Å². The minimum absolute atomic E-state index is 0.218. The molecule has 122 valence electrons. The number of ether oxygens (including phenoxy) is 1. The number of carbonyl (C=O) groups excluding carboxylic acids is 2. The molecule has 0 amide bonds. The third kappa shape index (κ3) is 3.98. The van der Waals surface area contributed by atoms with Gasteiger partial charge in [0.15, 0.2) is 12.3 Å². The van der Waals surface area contributed by atoms with Crippen LogP contribution in [-0.4, -0.2) is 23.3 Å². The molecule has 0 atom stereocenters. The number of aromatic nitrogens is 1. The molecule has 0 unspecified atom stereocenters. The number of ketones is 1. The van der Waals surface area contributed by atoms with Gasteiger partial charge in [-0.2, -0.15) is 0 Å². The predicted octanol–water partition coefficient (Wildman–Crippen LogP) is 4.98. The first kappa shape index (κ1) is 17.0. The maximum absolute atomic E-state index is 12.0. The van der Waals surface area contributed by atoms with E-state index in [0.717, 1.165) is 19.9 Å². The molecule has 4 nitrogen and oxygen atoms in total. The van der Waals surface area contributed by atoms with Crippen LogP contribution in [0.15, 0.2) is 45.6 Å². The van der Waals surface area contributed by atoms with Crippen molar-refractivity contribution in [3.8, 4) is 10.6 Å². The summed E-state index contributed by atoms with van der Waals surface area (Å²) >= 11 is 5.97. The fraction of sp³-hybridized carbons (Fsp3) is 0.118. The lowest BCUT2D eigenvalue weighted by Crippen LogP contribution is -2.13. The monoisotopic (exact) mass is 421 g/mol. The molecular weight excluding hydrogens is 410 g/mol. The predicted molar refractivity (Wildman–Crippen MR) is 98.9 cm³/mol. The van der Waals surface area contributed by atoms with Crippen molar-refractivity contribution in [2.24, 2.45) is 0 Å². The van der Waals surface area contributed by atoms with E-state index in [9.17, 15) is 9.59 Å². The van der Waals surface area contributed by atoms with Gasteiger partial charge in [0.25, 0.3) is 0 Å². The molecule has 24 heavy (non-hydrogen) atoms. The molecule has 7 heteroatoms. The number of aryl methyl sites for hydroxylation is 1. The Balaban J connectivity index is 1.63. The lowest BCUT2D eigenvalue weighted by molar-refractivity contribution is 0.0471. The zero-order valence-corrected chi connectivity index (χ0v) is 15.8. The highest BCUT2D eigenvalue weighted by Crippen LogP contribution is 2.25. The fourth-order valence-electron chi connectivity index (χ4n) is 1.94. The second kappa shape index (κ2) is 7.38. The number of hydrogen-bond donors (Lipinski definition) is 0. The van der Waals surface area contributed by atoms with Crippen molar-refractivity contribution in [3.63, 3.8) is 0 Å². The van der Waals surface area contributed by atoms with Gasteiger partial charge in [0.2, 0.25) is 5.78 Å². The molecule has 3 aromatic rings. The summed E-state index contributed by atoms with van der Waals surface area (Å²) in [7, 11) is 0. The van der Waals surface area contributed by atoms with Crippen LogP contribution in [0, 0.1) is 6.92 Å². The molecule has 0 aliphatic heterocycles. The van der Waals surface area contributed by atoms with E-state index in [1.165, 1.54) is 22.7 Å². The van der Waals surface area contributed by atoms with Crippen molar-refractivity contribution in [3.05, 3.63) is 61.7 Å². The summed E-state index contributed by atoms with van der Waals surface area (Å²) in [5, 5.41) is 2.39. The fourth-order valence-corrected chi connectivity index (χ4v) is 4.04. The Labute approximate surface area is 155 Å². The molecule has 0 aliphatic rings. The summed E-state index contributed by atoms with van der Waals surface area (Å²) in [4.78, 5) is 28.8. The zero-order chi connectivity index (χ0) is 17.1. The largest absolute Gasteiger partial charge is 0.453 e. The maximum Gasteiger partial charge on any atom is 0.358 e. The number of esters is 1. The van der Waals surface area contributed by atoms with Crippen molar-refractivity contribution in [1.29, 1.82) is 0 Å². The summed E-state index contributed by atoms with van der Waals surface area (Å²) in [6.45, 7) is 1.72. The van der Waals surface area contributed by atoms with Gasteiger partial charge < -0.3 is 4.74 Å². The number of nitrogens with zero attached hydrogens (tertiary/aromatic N) is 1. The number of rotatable bonds is 5. The average Bonchev–Trinajstić information content (AvgIpc) is 3.22. The van der Waals surface area contributed by atoms with Crippen LogP contribution in [0.3, 0.4) is 0 Å². The molecule has 0 aliphatic carbocycles. The number of hydrogen-bond acceptors (Lipinski definition) is 6. The Morgan fingerprint density at radius 2 is 1.92 bits per heavy atom. The van der Waals surface area contributed by atoms with Crippen LogP contribution < -0.4 is 0 Å². The minimum atomic E-state index is -0.589. The topological polar surface area (TPSA) is 56.3 Å². The normalized spacial score (nSPS) is 10.6. The molecule has 0 N–H and O–H groups in total. The maximum atomic E-state index is 12.0. The van der Waals surface area contributed by atoms with E-state index in [0.29, 0.717) is 4.88 Å². The third-order valence-corrected chi connectivity index (χ3v) is 5.75. The van der Waals surface area contributed by atoms with E-state index in [2.05, 4.69) is 20.9 Å². The van der Waals surface area contributed by atoms with E-state index >= 15 is 0 Å². The van der Waals surface area contributed by atoms with Crippen LogP contribution in [0.25, 0.3) is 10.6 Å². The van der Waals surface area contributed by atoms with E-state index in [4.69, 9.17) is 4.74 Å². The number of carbonyl (C=O) groups is 2. The Morgan fingerprint density at radius 3 is 2.58 bits per heavy atom. The number of benzene rings is 1. The van der Waals surface area contributed by atoms with Crippen molar-refractivity contribution in [1.82, 2.24) is 4.98 Å². The van der Waals surface area contributed by atoms with Crippen LogP contribution in [0.4, 0.5) is 0 Å². The van der Waals surface area contributed by atoms with Crippen molar-refractivity contribution >= 4 is 50.4 Å². The van der Waals surface area contributed by atoms with Crippen LogP contribution in [0.5, 0.6) is 0 Å². The number of Topliss-reactive ketones (excluding diaryl/α,β-unsaturated/α-hetero) is 1. The molecule has 2 aromatic heterocycles. The van der Waals surface area contributed by atoms with E-state index in [-0.39, 0.29) is 18.1 Å². The van der Waals surface area contributed by atoms with Gasteiger partial charge in [0.05, 0.1) is 8.66 Å². The van der Waals surface area contributed by atoms with Gasteiger partial charge >= 0.3 is 5.97 Å². The summed E-state index contributed by atoms with van der Waals surface area (Å²) in [6.07, 6.45) is 0. The Morgan fingerprint density at radius 1 is 1.17 bits per heavy atom. The Bertz CT molecular complexity index is 883. The van der Waals surface area contributed by atoms with Crippen LogP contribution in [-0.2, 0) is 4.74 Å². The molecule has 2 heterocycles. The van der Waals surface area contributed by atoms with Gasteiger partial charge in [0, 0.05) is 10.9 Å². The standard InChI is InChI=1S/C17H12BrNO3S2/c1-10-2-4-11(5-3-10)16-19-12(9-23-16)17(21)22-8-13(20)14-6-7-15(18)24-14/h2-7,9H,8H2,1H3. The van der Waals surface area contributed by atoms with Crippen molar-refractivity contribution in [2.75, 3.05) is 6.61 Å². The molecule has 0 saturated heterocycles. The molecule has 1 aromatic carbocycles. The zero-order valence-electron chi connectivity index (χ0n) is 12.6. The highest BCUT2D eigenvalue weighted by atomic mass is 79.9. The third-order valence-electron chi connectivity index (χ3n) is 3.19. The quantitative estimate of drug-likeness (QED) is 0.430. The summed E-state index contributed by atoms with van der Waals surface area (Å²) in [5.74, 6) is -0.818. The smallest absolute Gasteiger partial charge is 0.358 e. The molecule has 0 radical (unpaired) electrons. The Hall–Kier alpha value is -1.83. The molecule has 0 spiro atoms. The minimum Gasteiger partial charge on any atom is -0.453 e. The molecule has 0 fully saturated rings. The van der Waals surface area contributed by atoms with Crippen LogP contribution >= 0.6 is 38.6 Å². The van der Waals surface area contributed by atoms with Gasteiger partial charge in [-0.15, -0.1) is 22.7 Å². The van der Waals surface area contributed by atoms with E-state index in [1.54, 1.807) is 17.5 Å². The SMILES string of the molecule is Cc1ccc(-c2nc(C(=O)OCC(=O)c3ccc(Br)s3)cs2)cc1. The first-order valence-electron chi connectivity index (χ1n) is 7.01. The highest BCUT2D eigenvalue weighted by Gasteiger charge is 2.16. The van der Waals surface area contributed by atoms with E-state index in [1.807, 2.05) is 31.2 Å². The summed E-state index contributed by atoms with van der Waals surface area (Å²) in [6, 6.07) is 11.4. The first-order valence-corrected chi connectivity index (χ1v) is 9.50. The lowest BCUT2D eigenvalue weighted by Gasteiger charge is -2.01. The first-order chi connectivity index (χ1) is 11.5. The summed E-state index contributed by atoms with van der Waals surface area (Å²) < 4.78 is 5.93. The van der Waals surface area contributed by atoms with Crippen LogP contribution in [0.1, 0.15) is 25.7 Å². The number of thiazole rings is 1. The molecule has 0 saturated carbocycles. The lowest BCUT2D eigenvalue weighted by atomic mass is 10.2. The molecule has 3 rings (SSSR count). The molecule has 0 bridgehead atoms. The molecular formula is C17H12BrNO3S2. The van der Waals surface area contributed by atoms with Gasteiger partial charge in [-0.1, -0.05) is 29.8 Å². The average molecular weight is 422 g/mol. The van der Waals surface area contributed by atoms with Crippen molar-refractivity contribution < 1.29 is 14.3 Å². The number of halogens is 1. The Kier molecular flexibility index (Phi) is 5.23. The second-order valence-electron chi connectivity index (χ2n) is 5.01. The number of thiophene rings is 1. The van der Waals surface area contributed by atoms with Crippen LogP contribution in [0.2, 0.25) is 0 Å².